The Bertz CT molecular complexity index is 1850. The van der Waals surface area contributed by atoms with Crippen LogP contribution < -0.4 is 42.4 Å². The Labute approximate surface area is 354 Å². The molecule has 0 aliphatic rings. The van der Waals surface area contributed by atoms with Crippen LogP contribution >= 0.6 is 31.7 Å². The van der Waals surface area contributed by atoms with E-state index in [1.54, 1.807) is 0 Å². The van der Waals surface area contributed by atoms with Crippen LogP contribution in [-0.2, 0) is 16.5 Å². The molecule has 0 radical (unpaired) electrons. The first-order chi connectivity index (χ1) is 27.8. The Morgan fingerprint density at radius 2 is 0.281 bits per heavy atom. The summed E-state index contributed by atoms with van der Waals surface area (Å²) < 4.78 is 0. The molecule has 0 saturated carbocycles. The fraction of sp³-hybridized carbons (Fsp3) is 0. The fourth-order valence-corrected chi connectivity index (χ4v) is 16.7. The second kappa shape index (κ2) is 23.0. The molecule has 0 N–H and O–H groups in total. The van der Waals surface area contributed by atoms with E-state index in [1.807, 2.05) is 0 Å². The van der Waals surface area contributed by atoms with Crippen LogP contribution in [-0.4, -0.2) is 0 Å². The van der Waals surface area contributed by atoms with Crippen molar-refractivity contribution in [3.63, 3.8) is 0 Å². The van der Waals surface area contributed by atoms with Gasteiger partial charge in [-0.3, -0.25) is 0 Å². The molecule has 0 aliphatic heterocycles. The van der Waals surface area contributed by atoms with Gasteiger partial charge in [0.25, 0.3) is 0 Å². The number of benzene rings is 8. The third kappa shape index (κ3) is 12.2. The number of hydrogen-bond acceptors (Lipinski definition) is 0. The van der Waals surface area contributed by atoms with E-state index < -0.39 is 31.7 Å². The zero-order valence-corrected chi connectivity index (χ0v) is 36.7. The molecule has 0 spiro atoms. The second-order valence-corrected chi connectivity index (χ2v) is 22.5. The fourth-order valence-electron chi connectivity index (χ4n) is 6.71. The zero-order chi connectivity index (χ0) is 38.0. The minimum absolute atomic E-state index is 0. The van der Waals surface area contributed by atoms with Crippen molar-refractivity contribution < 1.29 is 16.5 Å². The van der Waals surface area contributed by atoms with Crippen molar-refractivity contribution in [2.45, 2.75) is 0 Å². The van der Waals surface area contributed by atoms with Crippen molar-refractivity contribution in [1.29, 1.82) is 0 Å². The Balaban J connectivity index is 0.000000189. The summed E-state index contributed by atoms with van der Waals surface area (Å²) in [6.45, 7) is 0. The third-order valence-corrected chi connectivity index (χ3v) is 19.8. The maximum absolute atomic E-state index is 2.50. The van der Waals surface area contributed by atoms with Gasteiger partial charge in [0.2, 0.25) is 0 Å². The van der Waals surface area contributed by atoms with Crippen LogP contribution in [0.4, 0.5) is 0 Å². The molecule has 0 atom stereocenters. The topological polar surface area (TPSA) is 0 Å². The Morgan fingerprint density at radius 3 is 0.386 bits per heavy atom. The molecule has 57 heavy (non-hydrogen) atoms. The van der Waals surface area contributed by atoms with Gasteiger partial charge in [-0.05, 0) is 97.1 Å². The van der Waals surface area contributed by atoms with Crippen molar-refractivity contribution in [1.82, 2.24) is 0 Å². The molecular weight excluding hydrogens is 807 g/mol. The zero-order valence-electron chi connectivity index (χ0n) is 31.7. The Morgan fingerprint density at radius 1 is 0.175 bits per heavy atom. The van der Waals surface area contributed by atoms with Gasteiger partial charge in [0.05, 0.1) is 31.7 Å². The monoisotopic (exact) mass is 854 g/mol. The van der Waals surface area contributed by atoms with Crippen LogP contribution in [0.2, 0.25) is 0 Å². The minimum atomic E-state index is -0.964. The first-order valence-electron chi connectivity index (χ1n) is 19.1. The summed E-state index contributed by atoms with van der Waals surface area (Å²) in [4.78, 5) is 0. The molecule has 0 nitrogen and oxygen atoms in total. The molecule has 0 amide bonds. The van der Waals surface area contributed by atoms with Crippen molar-refractivity contribution >= 4 is 74.1 Å². The summed E-state index contributed by atoms with van der Waals surface area (Å²) in [5, 5.41) is 11.4. The molecule has 0 saturated heterocycles. The van der Waals surface area contributed by atoms with Gasteiger partial charge >= 0.3 is 0 Å². The first kappa shape index (κ1) is 42.1. The summed E-state index contributed by atoms with van der Waals surface area (Å²) in [5.74, 6) is 10.0. The second-order valence-electron chi connectivity index (χ2n) is 13.2. The van der Waals surface area contributed by atoms with Crippen LogP contribution in [0.15, 0.2) is 266 Å². The molecule has 5 heteroatoms. The Hall–Kier alpha value is -4.55. The molecule has 8 rings (SSSR count). The van der Waals surface area contributed by atoms with E-state index in [9.17, 15) is 0 Å². The molecule has 0 bridgehead atoms. The smallest absolute Gasteiger partial charge is 0.0620 e. The largest absolute Gasteiger partial charge is 0.102 e. The predicted octanol–water partition coefficient (Wildman–Crippen LogP) is 10.4. The summed E-state index contributed by atoms with van der Waals surface area (Å²) in [6, 6.07) is 87.5. The number of rotatable bonds is 12. The van der Waals surface area contributed by atoms with Crippen LogP contribution in [0.25, 0.3) is 0 Å². The van der Waals surface area contributed by atoms with E-state index in [-0.39, 0.29) is 16.5 Å². The average molecular weight is 856 g/mol. The quantitative estimate of drug-likeness (QED) is 0.0849. The maximum Gasteiger partial charge on any atom is 0.102 e. The van der Waals surface area contributed by atoms with E-state index in [2.05, 4.69) is 266 Å². The average Bonchev–Trinajstić information content (AvgIpc) is 3.29. The van der Waals surface area contributed by atoms with Crippen molar-refractivity contribution in [3.8, 4) is 0 Å². The molecule has 0 aliphatic carbocycles. The number of hydrogen-bond donors (Lipinski definition) is 0. The predicted molar refractivity (Wildman–Crippen MR) is 260 cm³/mol. The molecule has 0 heterocycles. The molecule has 8 aromatic carbocycles. The van der Waals surface area contributed by atoms with Crippen molar-refractivity contribution in [3.05, 3.63) is 266 Å². The summed E-state index contributed by atoms with van der Waals surface area (Å²) in [7, 11) is -3.86. The summed E-state index contributed by atoms with van der Waals surface area (Å²) >= 11 is 0. The molecule has 0 unspecified atom stereocenters. The van der Waals surface area contributed by atoms with Crippen LogP contribution in [0.1, 0.15) is 0 Å². The summed E-state index contributed by atoms with van der Waals surface area (Å²) in [5.41, 5.74) is 0. The van der Waals surface area contributed by atoms with Gasteiger partial charge in [-0.1, -0.05) is 146 Å². The van der Waals surface area contributed by atoms with E-state index in [0.29, 0.717) is 0 Å². The standard InChI is InChI=1S/2C26H22P2.Ni/c2*1-5-13-23(14-6-1)27(24-15-7-2-8-16-24)21-22-28(25-17-9-3-10-18-25)26-19-11-4-12-20-26;/h2*1-22H;/p+4. The van der Waals surface area contributed by atoms with Gasteiger partial charge in [-0.2, -0.15) is 0 Å². The molecule has 282 valence electrons. The minimum Gasteiger partial charge on any atom is -0.0620 e. The van der Waals surface area contributed by atoms with Crippen LogP contribution in [0.5, 0.6) is 0 Å². The van der Waals surface area contributed by atoms with Crippen LogP contribution in [0.3, 0.4) is 0 Å². The molecule has 8 aromatic rings. The normalized spacial score (nSPS) is 11.2. The molecule has 0 aromatic heterocycles. The van der Waals surface area contributed by atoms with Gasteiger partial charge in [-0.25, -0.2) is 0 Å². The maximum atomic E-state index is 2.50. The van der Waals surface area contributed by atoms with Gasteiger partial charge in [0.15, 0.2) is 0 Å². The van der Waals surface area contributed by atoms with E-state index >= 15 is 0 Å². The van der Waals surface area contributed by atoms with E-state index in [1.165, 1.54) is 42.4 Å². The van der Waals surface area contributed by atoms with Gasteiger partial charge < -0.3 is 0 Å². The van der Waals surface area contributed by atoms with E-state index in [4.69, 9.17) is 0 Å². The van der Waals surface area contributed by atoms with E-state index in [0.717, 1.165) is 0 Å². The third-order valence-electron chi connectivity index (χ3n) is 9.51. The van der Waals surface area contributed by atoms with Crippen molar-refractivity contribution in [2.24, 2.45) is 0 Å². The summed E-state index contributed by atoms with van der Waals surface area (Å²) in [6.07, 6.45) is 0. The van der Waals surface area contributed by atoms with Crippen LogP contribution in [0, 0.1) is 0 Å². The van der Waals surface area contributed by atoms with Gasteiger partial charge in [-0.15, -0.1) is 0 Å². The first-order valence-corrected chi connectivity index (χ1v) is 25.4. The van der Waals surface area contributed by atoms with Gasteiger partial charge in [0, 0.05) is 16.5 Å². The van der Waals surface area contributed by atoms with Crippen molar-refractivity contribution in [2.75, 3.05) is 0 Å². The Kier molecular flexibility index (Phi) is 17.0. The SMILES string of the molecule is C(=C[PH+](c1ccccc1)c1ccccc1)[PH+](c1ccccc1)c1ccccc1.C(=C[PH+](c1ccccc1)c1ccccc1)[PH+](c1ccccc1)c1ccccc1.[Ni]. The van der Waals surface area contributed by atoms with Gasteiger partial charge in [0.1, 0.15) is 65.7 Å². The molecular formula is C52H48NiP4+4. The molecule has 0 fully saturated rings.